The lowest BCUT2D eigenvalue weighted by Gasteiger charge is -2.13. The van der Waals surface area contributed by atoms with Gasteiger partial charge in [0.05, 0.1) is 11.2 Å². The molecular weight excluding hydrogens is 272 g/mol. The van der Waals surface area contributed by atoms with Crippen LogP contribution in [-0.2, 0) is 13.5 Å². The van der Waals surface area contributed by atoms with E-state index in [0.29, 0.717) is 22.6 Å². The molecule has 0 bridgehead atoms. The molecule has 0 spiro atoms. The van der Waals surface area contributed by atoms with Gasteiger partial charge in [-0.15, -0.1) is 0 Å². The van der Waals surface area contributed by atoms with Crippen LogP contribution in [0.1, 0.15) is 34.0 Å². The molecule has 20 heavy (non-hydrogen) atoms. The summed E-state index contributed by atoms with van der Waals surface area (Å²) in [5.41, 5.74) is 3.32. The first-order valence-corrected chi connectivity index (χ1v) is 7.36. The van der Waals surface area contributed by atoms with E-state index in [1.807, 2.05) is 0 Å². The van der Waals surface area contributed by atoms with Gasteiger partial charge in [-0.1, -0.05) is 35.9 Å². The number of aromatic nitrogens is 2. The van der Waals surface area contributed by atoms with Crippen molar-refractivity contribution in [1.29, 1.82) is 0 Å². The van der Waals surface area contributed by atoms with Gasteiger partial charge in [-0.25, -0.2) is 0 Å². The quantitative estimate of drug-likeness (QED) is 0.795. The zero-order chi connectivity index (χ0) is 13.9. The fourth-order valence-electron chi connectivity index (χ4n) is 3.77. The Labute approximate surface area is 122 Å². The third kappa shape index (κ3) is 1.59. The fourth-order valence-corrected chi connectivity index (χ4v) is 4.03. The van der Waals surface area contributed by atoms with Gasteiger partial charge in [0.15, 0.2) is 5.78 Å². The molecule has 1 aromatic heterocycles. The number of carbonyl (C=O) groups excluding carboxylic acids is 1. The summed E-state index contributed by atoms with van der Waals surface area (Å²) in [5.74, 6) is 1.12. The number of benzene rings is 1. The minimum absolute atomic E-state index is 0.0894. The molecule has 2 aliphatic carbocycles. The van der Waals surface area contributed by atoms with Gasteiger partial charge in [-0.2, -0.15) is 5.10 Å². The Balaban J connectivity index is 1.69. The number of carbonyl (C=O) groups is 1. The first-order valence-electron chi connectivity index (χ1n) is 6.98. The molecule has 2 aromatic rings. The second-order valence-electron chi connectivity index (χ2n) is 5.78. The number of hydrogen-bond donors (Lipinski definition) is 0. The van der Waals surface area contributed by atoms with E-state index in [0.717, 1.165) is 12.8 Å². The van der Waals surface area contributed by atoms with Gasteiger partial charge in [-0.05, 0) is 35.8 Å². The molecule has 3 atom stereocenters. The van der Waals surface area contributed by atoms with Crippen LogP contribution in [0, 0.1) is 11.8 Å². The summed E-state index contributed by atoms with van der Waals surface area (Å²) >= 11 is 6.11. The number of Topliss-reactive ketones (excluding diaryl/α,β-unsaturated/α-hetero) is 1. The molecule has 0 radical (unpaired) electrons. The third-order valence-electron chi connectivity index (χ3n) is 4.76. The van der Waals surface area contributed by atoms with E-state index in [4.69, 9.17) is 11.6 Å². The molecule has 1 fully saturated rings. The van der Waals surface area contributed by atoms with Crippen LogP contribution in [0.3, 0.4) is 0 Å². The van der Waals surface area contributed by atoms with E-state index in [-0.39, 0.29) is 11.7 Å². The Morgan fingerprint density at radius 1 is 1.40 bits per heavy atom. The van der Waals surface area contributed by atoms with Crippen LogP contribution in [-0.4, -0.2) is 15.6 Å². The van der Waals surface area contributed by atoms with Gasteiger partial charge in [-0.3, -0.25) is 9.48 Å². The van der Waals surface area contributed by atoms with Gasteiger partial charge in [0.25, 0.3) is 0 Å². The maximum Gasteiger partial charge on any atom is 0.186 e. The lowest BCUT2D eigenvalue weighted by atomic mass is 9.92. The molecule has 0 saturated heterocycles. The van der Waals surface area contributed by atoms with Crippen molar-refractivity contribution in [2.45, 2.75) is 18.8 Å². The largest absolute Gasteiger partial charge is 0.292 e. The Bertz CT molecular complexity index is 687. The second-order valence-corrected chi connectivity index (χ2v) is 6.19. The molecule has 4 heteroatoms. The predicted molar refractivity (Wildman–Crippen MR) is 77.0 cm³/mol. The molecule has 2 aliphatic rings. The fraction of sp³-hybridized carbons (Fsp3) is 0.375. The van der Waals surface area contributed by atoms with E-state index in [2.05, 4.69) is 29.4 Å². The van der Waals surface area contributed by atoms with Crippen LogP contribution < -0.4 is 0 Å². The molecule has 4 rings (SSSR count). The zero-order valence-electron chi connectivity index (χ0n) is 11.2. The molecule has 0 amide bonds. The standard InChI is InChI=1S/C16H15ClN2O/c1-19-15(12(17)8-18-19)16(20)14-11-7-6-9-4-2-3-5-10(9)13(11)14/h2-5,8,11,13-14H,6-7H2,1H3. The average Bonchev–Trinajstić information content (AvgIpc) is 3.11. The van der Waals surface area contributed by atoms with Gasteiger partial charge in [0.2, 0.25) is 0 Å². The van der Waals surface area contributed by atoms with Crippen molar-refractivity contribution in [3.8, 4) is 0 Å². The number of aryl methyl sites for hydroxylation is 2. The van der Waals surface area contributed by atoms with Crippen LogP contribution in [0.15, 0.2) is 30.5 Å². The van der Waals surface area contributed by atoms with Crippen LogP contribution in [0.2, 0.25) is 5.02 Å². The zero-order valence-corrected chi connectivity index (χ0v) is 12.0. The number of rotatable bonds is 2. The highest BCUT2D eigenvalue weighted by molar-refractivity contribution is 6.33. The summed E-state index contributed by atoms with van der Waals surface area (Å²) in [6.07, 6.45) is 3.74. The van der Waals surface area contributed by atoms with Gasteiger partial charge >= 0.3 is 0 Å². The first-order chi connectivity index (χ1) is 9.68. The summed E-state index contributed by atoms with van der Waals surface area (Å²) in [6, 6.07) is 8.50. The molecule has 1 heterocycles. The van der Waals surface area contributed by atoms with Gasteiger partial charge < -0.3 is 0 Å². The number of halogens is 1. The number of nitrogens with zero attached hydrogens (tertiary/aromatic N) is 2. The summed E-state index contributed by atoms with van der Waals surface area (Å²) in [6.45, 7) is 0. The summed E-state index contributed by atoms with van der Waals surface area (Å²) in [4.78, 5) is 12.7. The number of ketones is 1. The molecule has 0 N–H and O–H groups in total. The van der Waals surface area contributed by atoms with E-state index in [1.54, 1.807) is 17.9 Å². The smallest absolute Gasteiger partial charge is 0.186 e. The van der Waals surface area contributed by atoms with Crippen LogP contribution in [0.5, 0.6) is 0 Å². The summed E-state index contributed by atoms with van der Waals surface area (Å²) in [7, 11) is 1.78. The molecule has 3 unspecified atom stereocenters. The molecule has 1 saturated carbocycles. The number of hydrogen-bond acceptors (Lipinski definition) is 2. The predicted octanol–water partition coefficient (Wildman–Crippen LogP) is 3.23. The Morgan fingerprint density at radius 3 is 2.95 bits per heavy atom. The first kappa shape index (κ1) is 12.2. The molecule has 0 aliphatic heterocycles. The van der Waals surface area contributed by atoms with Crippen molar-refractivity contribution < 1.29 is 4.79 Å². The van der Waals surface area contributed by atoms with Crippen molar-refractivity contribution in [3.05, 3.63) is 52.3 Å². The highest BCUT2D eigenvalue weighted by Gasteiger charge is 2.57. The minimum atomic E-state index is 0.0894. The maximum absolute atomic E-state index is 12.7. The monoisotopic (exact) mass is 286 g/mol. The van der Waals surface area contributed by atoms with E-state index in [1.165, 1.54) is 11.1 Å². The van der Waals surface area contributed by atoms with E-state index < -0.39 is 0 Å². The highest BCUT2D eigenvalue weighted by atomic mass is 35.5. The molecule has 1 aromatic carbocycles. The van der Waals surface area contributed by atoms with Crippen LogP contribution >= 0.6 is 11.6 Å². The lowest BCUT2D eigenvalue weighted by Crippen LogP contribution is -2.11. The van der Waals surface area contributed by atoms with Crippen LogP contribution in [0.25, 0.3) is 0 Å². The average molecular weight is 287 g/mol. The van der Waals surface area contributed by atoms with E-state index >= 15 is 0 Å². The molecule has 3 nitrogen and oxygen atoms in total. The Morgan fingerprint density at radius 2 is 2.20 bits per heavy atom. The van der Waals surface area contributed by atoms with Crippen molar-refractivity contribution in [3.63, 3.8) is 0 Å². The molecular formula is C16H15ClN2O. The Kier molecular flexibility index (Phi) is 2.55. The minimum Gasteiger partial charge on any atom is -0.292 e. The highest BCUT2D eigenvalue weighted by Crippen LogP contribution is 2.60. The SMILES string of the molecule is Cn1ncc(Cl)c1C(=O)C1C2CCc3ccccc3C21. The number of fused-ring (bicyclic) bond motifs is 3. The third-order valence-corrected chi connectivity index (χ3v) is 5.04. The Hall–Kier alpha value is -1.61. The second kappa shape index (κ2) is 4.19. The lowest BCUT2D eigenvalue weighted by molar-refractivity contribution is 0.0950. The molecule has 102 valence electrons. The topological polar surface area (TPSA) is 34.9 Å². The van der Waals surface area contributed by atoms with E-state index in [9.17, 15) is 4.79 Å². The van der Waals surface area contributed by atoms with Gasteiger partial charge in [0.1, 0.15) is 5.69 Å². The van der Waals surface area contributed by atoms with Crippen molar-refractivity contribution in [2.75, 3.05) is 0 Å². The normalized spacial score (nSPS) is 26.8. The van der Waals surface area contributed by atoms with Crippen LogP contribution in [0.4, 0.5) is 0 Å². The maximum atomic E-state index is 12.7. The summed E-state index contributed by atoms with van der Waals surface area (Å²) < 4.78 is 1.60. The van der Waals surface area contributed by atoms with Gasteiger partial charge in [0, 0.05) is 13.0 Å². The summed E-state index contributed by atoms with van der Waals surface area (Å²) in [5, 5.41) is 4.54. The van der Waals surface area contributed by atoms with Crippen molar-refractivity contribution in [1.82, 2.24) is 9.78 Å². The van der Waals surface area contributed by atoms with Crippen molar-refractivity contribution >= 4 is 17.4 Å². The van der Waals surface area contributed by atoms with Crippen molar-refractivity contribution in [2.24, 2.45) is 18.9 Å².